The van der Waals surface area contributed by atoms with Gasteiger partial charge in [-0.1, -0.05) is 122 Å². The van der Waals surface area contributed by atoms with E-state index in [0.717, 1.165) is 11.1 Å². The van der Waals surface area contributed by atoms with E-state index in [1.54, 1.807) is 0 Å². The fourth-order valence-electron chi connectivity index (χ4n) is 5.91. The quantitative estimate of drug-likeness (QED) is 0.0967. The highest BCUT2D eigenvalue weighted by atomic mass is 16.3. The van der Waals surface area contributed by atoms with Crippen LogP contribution in [0.2, 0.25) is 0 Å². The SMILES string of the molecule is CC[C@H](C)[C@H](NC(=O)C[C@H](N)[C@H](Cc1ccccc1)NC(=O)C(NC(=O)[C@H](Cc1ccccc1)NC(=O)CC(C)C)C(C)C)C(=O)NC(CO)C(C)C. The Morgan fingerprint density at radius 1 is 0.604 bits per heavy atom. The molecule has 0 aliphatic rings. The Morgan fingerprint density at radius 2 is 1.11 bits per heavy atom. The van der Waals surface area contributed by atoms with Crippen LogP contribution in [0.4, 0.5) is 0 Å². The molecule has 2 rings (SSSR count). The normalized spacial score (nSPS) is 15.4. The average molecular weight is 737 g/mol. The fraction of sp³-hybridized carbons (Fsp3) is 0.585. The van der Waals surface area contributed by atoms with Crippen LogP contribution in [0, 0.1) is 23.7 Å². The van der Waals surface area contributed by atoms with Crippen LogP contribution < -0.4 is 32.3 Å². The Balaban J connectivity index is 2.28. The topological polar surface area (TPSA) is 192 Å². The minimum absolute atomic E-state index is 0.00848. The molecule has 0 saturated heterocycles. The van der Waals surface area contributed by atoms with Gasteiger partial charge in [0.2, 0.25) is 29.5 Å². The zero-order chi connectivity index (χ0) is 39.7. The van der Waals surface area contributed by atoms with Crippen LogP contribution in [0.15, 0.2) is 60.7 Å². The molecule has 8 N–H and O–H groups in total. The van der Waals surface area contributed by atoms with Gasteiger partial charge in [-0.25, -0.2) is 0 Å². The first-order valence-electron chi connectivity index (χ1n) is 19.0. The molecule has 0 aliphatic heterocycles. The van der Waals surface area contributed by atoms with Crippen molar-refractivity contribution in [1.82, 2.24) is 26.6 Å². The maximum absolute atomic E-state index is 14.0. The van der Waals surface area contributed by atoms with Crippen molar-refractivity contribution in [3.8, 4) is 0 Å². The summed E-state index contributed by atoms with van der Waals surface area (Å²) in [5, 5.41) is 24.2. The van der Waals surface area contributed by atoms with Gasteiger partial charge in [-0.2, -0.15) is 0 Å². The molecule has 2 aromatic rings. The number of hydrogen-bond acceptors (Lipinski definition) is 7. The molecule has 53 heavy (non-hydrogen) atoms. The Bertz CT molecular complexity index is 1440. The van der Waals surface area contributed by atoms with Crippen molar-refractivity contribution in [3.63, 3.8) is 0 Å². The smallest absolute Gasteiger partial charge is 0.243 e. The summed E-state index contributed by atoms with van der Waals surface area (Å²) in [6, 6.07) is 14.0. The third-order valence-electron chi connectivity index (χ3n) is 9.48. The number of aliphatic hydroxyl groups is 1. The molecule has 2 unspecified atom stereocenters. The molecule has 294 valence electrons. The van der Waals surface area contributed by atoms with Crippen molar-refractivity contribution >= 4 is 29.5 Å². The Kier molecular flexibility index (Phi) is 19.2. The molecule has 0 fully saturated rings. The standard InChI is InChI=1S/C41H64N6O6/c1-9-28(8)38(41(53)45-34(24-48)26(4)5)46-36(50)23-31(42)32(21-29-16-12-10-13-17-29)44-40(52)37(27(6)7)47-39(51)33(43-35(49)20-25(2)3)22-30-18-14-11-15-19-30/h10-19,25-28,31-34,37-38,48H,9,20-24,42H2,1-8H3,(H,43,49)(H,44,52)(H,45,53)(H,46,50)(H,47,51)/t28-,31-,32-,33-,34?,37?,38-/m0/s1. The number of aliphatic hydroxyl groups excluding tert-OH is 1. The Labute approximate surface area is 316 Å². The monoisotopic (exact) mass is 736 g/mol. The third-order valence-corrected chi connectivity index (χ3v) is 9.48. The molecule has 0 spiro atoms. The lowest BCUT2D eigenvalue weighted by atomic mass is 9.94. The first-order valence-corrected chi connectivity index (χ1v) is 19.0. The van der Waals surface area contributed by atoms with Crippen LogP contribution in [0.25, 0.3) is 0 Å². The van der Waals surface area contributed by atoms with E-state index in [1.807, 2.05) is 116 Å². The number of nitrogens with one attached hydrogen (secondary N) is 5. The summed E-state index contributed by atoms with van der Waals surface area (Å²) in [4.78, 5) is 67.3. The van der Waals surface area contributed by atoms with Gasteiger partial charge in [0.25, 0.3) is 0 Å². The van der Waals surface area contributed by atoms with Crippen molar-refractivity contribution in [3.05, 3.63) is 71.8 Å². The lowest BCUT2D eigenvalue weighted by Crippen LogP contribution is -2.60. The zero-order valence-corrected chi connectivity index (χ0v) is 32.9. The van der Waals surface area contributed by atoms with Crippen molar-refractivity contribution in [1.29, 1.82) is 0 Å². The predicted molar refractivity (Wildman–Crippen MR) is 208 cm³/mol. The largest absolute Gasteiger partial charge is 0.394 e. The van der Waals surface area contributed by atoms with E-state index in [4.69, 9.17) is 5.73 Å². The molecular weight excluding hydrogens is 672 g/mol. The van der Waals surface area contributed by atoms with Gasteiger partial charge in [0.05, 0.1) is 12.6 Å². The molecule has 0 saturated carbocycles. The van der Waals surface area contributed by atoms with E-state index >= 15 is 0 Å². The Morgan fingerprint density at radius 3 is 1.60 bits per heavy atom. The number of hydrogen-bond donors (Lipinski definition) is 7. The third kappa shape index (κ3) is 15.7. The van der Waals surface area contributed by atoms with Crippen molar-refractivity contribution in [2.24, 2.45) is 29.4 Å². The van der Waals surface area contributed by atoms with E-state index in [1.165, 1.54) is 0 Å². The van der Waals surface area contributed by atoms with E-state index in [9.17, 15) is 29.1 Å². The van der Waals surface area contributed by atoms with Gasteiger partial charge >= 0.3 is 0 Å². The second-order valence-electron chi connectivity index (χ2n) is 15.3. The van der Waals surface area contributed by atoms with Crippen LogP contribution in [-0.2, 0) is 36.8 Å². The van der Waals surface area contributed by atoms with Crippen molar-refractivity contribution in [2.75, 3.05) is 6.61 Å². The number of benzene rings is 2. The van der Waals surface area contributed by atoms with Crippen LogP contribution in [-0.4, -0.2) is 77.5 Å². The molecule has 0 bridgehead atoms. The summed E-state index contributed by atoms with van der Waals surface area (Å²) in [6.07, 6.45) is 1.24. The van der Waals surface area contributed by atoms with Crippen molar-refractivity contribution < 1.29 is 29.1 Å². The first kappa shape index (κ1) is 44.9. The summed E-state index contributed by atoms with van der Waals surface area (Å²) in [5.74, 6) is -2.49. The summed E-state index contributed by atoms with van der Waals surface area (Å²) < 4.78 is 0. The number of nitrogens with two attached hydrogens (primary N) is 1. The zero-order valence-electron chi connectivity index (χ0n) is 32.9. The van der Waals surface area contributed by atoms with Crippen LogP contribution in [0.1, 0.15) is 85.8 Å². The van der Waals surface area contributed by atoms with Crippen LogP contribution in [0.3, 0.4) is 0 Å². The minimum atomic E-state index is -0.971. The van der Waals surface area contributed by atoms with Gasteiger partial charge in [0.1, 0.15) is 18.1 Å². The Hall–Kier alpha value is -4.29. The molecule has 12 nitrogen and oxygen atoms in total. The van der Waals surface area contributed by atoms with Gasteiger partial charge in [-0.15, -0.1) is 0 Å². The number of carbonyl (C=O) groups excluding carboxylic acids is 5. The molecule has 0 heterocycles. The fourth-order valence-corrected chi connectivity index (χ4v) is 5.91. The van der Waals surface area contributed by atoms with E-state index in [-0.39, 0.29) is 61.4 Å². The molecule has 5 amide bonds. The van der Waals surface area contributed by atoms with Crippen LogP contribution in [0.5, 0.6) is 0 Å². The maximum Gasteiger partial charge on any atom is 0.243 e. The average Bonchev–Trinajstić information content (AvgIpc) is 3.10. The highest BCUT2D eigenvalue weighted by Crippen LogP contribution is 2.14. The highest BCUT2D eigenvalue weighted by Gasteiger charge is 2.33. The second kappa shape index (κ2) is 22.7. The van der Waals surface area contributed by atoms with Crippen LogP contribution >= 0.6 is 0 Å². The van der Waals surface area contributed by atoms with E-state index in [0.29, 0.717) is 12.8 Å². The number of amides is 5. The van der Waals surface area contributed by atoms with E-state index < -0.39 is 54.0 Å². The number of carbonyl (C=O) groups is 5. The first-order chi connectivity index (χ1) is 25.1. The van der Waals surface area contributed by atoms with E-state index in [2.05, 4.69) is 26.6 Å². The molecule has 2 aromatic carbocycles. The molecule has 7 atom stereocenters. The molecule has 12 heteroatoms. The summed E-state index contributed by atoms with van der Waals surface area (Å²) in [6.45, 7) is 14.8. The summed E-state index contributed by atoms with van der Waals surface area (Å²) in [7, 11) is 0. The molecule has 0 radical (unpaired) electrons. The lowest BCUT2D eigenvalue weighted by Gasteiger charge is -2.31. The summed E-state index contributed by atoms with van der Waals surface area (Å²) >= 11 is 0. The lowest BCUT2D eigenvalue weighted by molar-refractivity contribution is -0.133. The minimum Gasteiger partial charge on any atom is -0.394 e. The highest BCUT2D eigenvalue weighted by molar-refractivity contribution is 5.92. The molecule has 0 aliphatic carbocycles. The molecule has 0 aromatic heterocycles. The van der Waals surface area contributed by atoms with Gasteiger partial charge in [-0.05, 0) is 41.2 Å². The van der Waals surface area contributed by atoms with Gasteiger partial charge in [0, 0.05) is 31.3 Å². The predicted octanol–water partition coefficient (Wildman–Crippen LogP) is 3.01. The van der Waals surface area contributed by atoms with Gasteiger partial charge in [0.15, 0.2) is 0 Å². The summed E-state index contributed by atoms with van der Waals surface area (Å²) in [5.41, 5.74) is 8.42. The number of rotatable bonds is 22. The van der Waals surface area contributed by atoms with Crippen molar-refractivity contribution in [2.45, 2.75) is 124 Å². The maximum atomic E-state index is 14.0. The second-order valence-corrected chi connectivity index (χ2v) is 15.3. The molecular formula is C41H64N6O6. The van der Waals surface area contributed by atoms with Gasteiger partial charge in [-0.3, -0.25) is 24.0 Å². The van der Waals surface area contributed by atoms with Gasteiger partial charge < -0.3 is 37.4 Å².